The molecule has 1 heterocycles. The number of aromatic hydroxyl groups is 1. The summed E-state index contributed by atoms with van der Waals surface area (Å²) < 4.78 is 0. The van der Waals surface area contributed by atoms with Gasteiger partial charge in [-0.15, -0.1) is 0 Å². The highest BCUT2D eigenvalue weighted by molar-refractivity contribution is 6.11. The zero-order chi connectivity index (χ0) is 34.5. The van der Waals surface area contributed by atoms with Gasteiger partial charge in [-0.3, -0.25) is 4.79 Å². The molecule has 1 unspecified atom stereocenters. The summed E-state index contributed by atoms with van der Waals surface area (Å²) in [7, 11) is 2.20. The van der Waals surface area contributed by atoms with Crippen LogP contribution in [0.25, 0.3) is 43.4 Å². The number of fused-ring (bicyclic) bond motifs is 6. The van der Waals surface area contributed by atoms with Gasteiger partial charge < -0.3 is 20.2 Å². The summed E-state index contributed by atoms with van der Waals surface area (Å²) in [6.45, 7) is 4.35. The highest BCUT2D eigenvalue weighted by atomic mass is 16.3. The minimum Gasteiger partial charge on any atom is -0.508 e. The number of rotatable bonds is 5. The van der Waals surface area contributed by atoms with Crippen LogP contribution in [-0.2, 0) is 12.8 Å². The van der Waals surface area contributed by atoms with Gasteiger partial charge in [-0.1, -0.05) is 91.0 Å². The van der Waals surface area contributed by atoms with E-state index in [4.69, 9.17) is 0 Å². The molecule has 0 radical (unpaired) electrons. The van der Waals surface area contributed by atoms with E-state index in [9.17, 15) is 9.90 Å². The second-order valence-corrected chi connectivity index (χ2v) is 14.3. The van der Waals surface area contributed by atoms with E-state index in [1.807, 2.05) is 36.4 Å². The number of hydrogen-bond donors (Lipinski definition) is 2. The molecule has 51 heavy (non-hydrogen) atoms. The van der Waals surface area contributed by atoms with Gasteiger partial charge in [-0.05, 0) is 123 Å². The Morgan fingerprint density at radius 1 is 0.686 bits per heavy atom. The number of phenols is 1. The maximum Gasteiger partial charge on any atom is 0.255 e. The van der Waals surface area contributed by atoms with Crippen molar-refractivity contribution in [2.24, 2.45) is 0 Å². The number of hydrogen-bond acceptors (Lipinski definition) is 4. The van der Waals surface area contributed by atoms with Gasteiger partial charge in [0.1, 0.15) is 5.75 Å². The molecule has 1 fully saturated rings. The third-order valence-corrected chi connectivity index (χ3v) is 11.3. The molecule has 9 rings (SSSR count). The van der Waals surface area contributed by atoms with E-state index in [1.165, 1.54) is 43.9 Å². The topological polar surface area (TPSA) is 55.8 Å². The molecule has 2 N–H and O–H groups in total. The smallest absolute Gasteiger partial charge is 0.255 e. The first-order valence-corrected chi connectivity index (χ1v) is 18.1. The maximum absolute atomic E-state index is 13.8. The van der Waals surface area contributed by atoms with Crippen LogP contribution >= 0.6 is 0 Å². The summed E-state index contributed by atoms with van der Waals surface area (Å²) in [4.78, 5) is 18.7. The molecule has 5 nitrogen and oxygen atoms in total. The van der Waals surface area contributed by atoms with E-state index in [2.05, 4.69) is 101 Å². The maximum atomic E-state index is 13.8. The Morgan fingerprint density at radius 2 is 1.39 bits per heavy atom. The van der Waals surface area contributed by atoms with Crippen LogP contribution in [-0.4, -0.2) is 49.1 Å². The Morgan fingerprint density at radius 3 is 2.20 bits per heavy atom. The molecule has 5 heteroatoms. The summed E-state index contributed by atoms with van der Waals surface area (Å²) >= 11 is 0. The lowest BCUT2D eigenvalue weighted by molar-refractivity contribution is 0.102. The van der Waals surface area contributed by atoms with Crippen molar-refractivity contribution >= 4 is 49.6 Å². The third-order valence-electron chi connectivity index (χ3n) is 11.3. The van der Waals surface area contributed by atoms with E-state index in [-0.39, 0.29) is 11.7 Å². The molecule has 2 aliphatic rings. The lowest BCUT2D eigenvalue weighted by Crippen LogP contribution is -2.44. The van der Waals surface area contributed by atoms with E-state index in [0.29, 0.717) is 11.5 Å². The van der Waals surface area contributed by atoms with Crippen LogP contribution in [0.4, 0.5) is 11.4 Å². The van der Waals surface area contributed by atoms with Crippen molar-refractivity contribution in [3.63, 3.8) is 0 Å². The fourth-order valence-electron chi connectivity index (χ4n) is 8.36. The fourth-order valence-corrected chi connectivity index (χ4v) is 8.36. The lowest BCUT2D eigenvalue weighted by atomic mass is 9.77. The SMILES string of the molecule is CN1CCN(c2ccc3c(ccc4c5c(ccc43)CC(c3ccc4ccccc4c3NC(=O)c3ccc(-c4ccc(O)cc4)cc3)CC5)c2)CC1. The standard InChI is InChI=1S/C46H41N3O2/c1-48-24-26-49(27-25-48)37-16-23-40-36(29-37)15-22-43-39-19-13-35(28-34(39)14-21-44(40)43)42-20-12-32-4-2-3-5-41(32)45(42)47-46(51)33-8-6-30(7-9-33)31-10-17-38(50)18-11-31/h2-12,14-18,20-23,29,35,50H,13,19,24-28H2,1H3,(H,47,51). The molecule has 1 amide bonds. The summed E-state index contributed by atoms with van der Waals surface area (Å²) in [5.41, 5.74) is 8.90. The molecule has 0 aromatic heterocycles. The molecule has 252 valence electrons. The van der Waals surface area contributed by atoms with Crippen LogP contribution < -0.4 is 10.2 Å². The minimum absolute atomic E-state index is 0.116. The van der Waals surface area contributed by atoms with E-state index < -0.39 is 0 Å². The van der Waals surface area contributed by atoms with Gasteiger partial charge in [0.15, 0.2) is 0 Å². The van der Waals surface area contributed by atoms with Crippen LogP contribution in [0.3, 0.4) is 0 Å². The Hall–Kier alpha value is -5.65. The predicted molar refractivity (Wildman–Crippen MR) is 211 cm³/mol. The zero-order valence-corrected chi connectivity index (χ0v) is 28.9. The molecule has 1 aliphatic heterocycles. The molecule has 7 aromatic rings. The number of carbonyl (C=O) groups is 1. The minimum atomic E-state index is -0.116. The summed E-state index contributed by atoms with van der Waals surface area (Å²) in [6, 6.07) is 43.9. The average molecular weight is 668 g/mol. The quantitative estimate of drug-likeness (QED) is 0.180. The molecule has 0 spiro atoms. The van der Waals surface area contributed by atoms with Crippen LogP contribution in [0.5, 0.6) is 5.75 Å². The second kappa shape index (κ2) is 12.9. The first-order valence-electron chi connectivity index (χ1n) is 18.1. The third kappa shape index (κ3) is 5.88. The monoisotopic (exact) mass is 667 g/mol. The number of piperazine rings is 1. The lowest BCUT2D eigenvalue weighted by Gasteiger charge is -2.34. The van der Waals surface area contributed by atoms with Crippen molar-refractivity contribution in [3.05, 3.63) is 150 Å². The molecule has 1 saturated heterocycles. The van der Waals surface area contributed by atoms with Crippen LogP contribution in [0.1, 0.15) is 39.4 Å². The Labute approximate surface area is 298 Å². The molecule has 0 bridgehead atoms. The van der Waals surface area contributed by atoms with Crippen LogP contribution in [0.15, 0.2) is 127 Å². The number of phenolic OH excluding ortho intramolecular Hbond substituents is 1. The fraction of sp³-hybridized carbons (Fsp3) is 0.196. The predicted octanol–water partition coefficient (Wildman–Crippen LogP) is 9.80. The number of aryl methyl sites for hydroxylation is 1. The molecular weight excluding hydrogens is 627 g/mol. The van der Waals surface area contributed by atoms with Gasteiger partial charge in [-0.25, -0.2) is 0 Å². The molecule has 7 aromatic carbocycles. The van der Waals surface area contributed by atoms with E-state index in [0.717, 1.165) is 73.0 Å². The number of carbonyl (C=O) groups excluding carboxylic acids is 1. The van der Waals surface area contributed by atoms with Crippen LogP contribution in [0.2, 0.25) is 0 Å². The van der Waals surface area contributed by atoms with Crippen molar-refractivity contribution in [1.29, 1.82) is 0 Å². The number of amides is 1. The Balaban J connectivity index is 1.01. The summed E-state index contributed by atoms with van der Waals surface area (Å²) in [5, 5.41) is 20.5. The van der Waals surface area contributed by atoms with Crippen molar-refractivity contribution in [2.45, 2.75) is 25.2 Å². The average Bonchev–Trinajstić information content (AvgIpc) is 3.18. The van der Waals surface area contributed by atoms with Gasteiger partial charge in [-0.2, -0.15) is 0 Å². The zero-order valence-electron chi connectivity index (χ0n) is 28.9. The normalized spacial score (nSPS) is 16.4. The molecule has 0 saturated carbocycles. The van der Waals surface area contributed by atoms with E-state index >= 15 is 0 Å². The Bertz CT molecular complexity index is 2430. The number of nitrogens with zero attached hydrogens (tertiary/aromatic N) is 2. The van der Waals surface area contributed by atoms with Gasteiger partial charge >= 0.3 is 0 Å². The van der Waals surface area contributed by atoms with Gasteiger partial charge in [0.25, 0.3) is 5.91 Å². The number of likely N-dealkylation sites (N-methyl/N-ethyl adjacent to an activating group) is 1. The molecule has 1 aliphatic carbocycles. The summed E-state index contributed by atoms with van der Waals surface area (Å²) in [5.74, 6) is 0.410. The molecular formula is C46H41N3O2. The van der Waals surface area contributed by atoms with Crippen LogP contribution in [0, 0.1) is 0 Å². The van der Waals surface area contributed by atoms with Gasteiger partial charge in [0.2, 0.25) is 0 Å². The molecule has 1 atom stereocenters. The highest BCUT2D eigenvalue weighted by Crippen LogP contribution is 2.42. The number of benzene rings is 7. The second-order valence-electron chi connectivity index (χ2n) is 14.3. The highest BCUT2D eigenvalue weighted by Gasteiger charge is 2.26. The Kier molecular flexibility index (Phi) is 7.93. The van der Waals surface area contributed by atoms with Crippen molar-refractivity contribution in [3.8, 4) is 16.9 Å². The number of anilines is 2. The van der Waals surface area contributed by atoms with Crippen molar-refractivity contribution < 1.29 is 9.90 Å². The van der Waals surface area contributed by atoms with Gasteiger partial charge in [0.05, 0.1) is 5.69 Å². The van der Waals surface area contributed by atoms with E-state index in [1.54, 1.807) is 12.1 Å². The van der Waals surface area contributed by atoms with Gasteiger partial charge in [0, 0.05) is 42.8 Å². The first kappa shape index (κ1) is 31.3. The van der Waals surface area contributed by atoms with Crippen molar-refractivity contribution in [2.75, 3.05) is 43.4 Å². The summed E-state index contributed by atoms with van der Waals surface area (Å²) in [6.07, 6.45) is 2.96. The first-order chi connectivity index (χ1) is 25.0. The number of nitrogens with one attached hydrogen (secondary N) is 1. The largest absolute Gasteiger partial charge is 0.508 e. The van der Waals surface area contributed by atoms with Crippen molar-refractivity contribution in [1.82, 2.24) is 4.90 Å².